The SMILES string of the molecule is C1CC2CN(C3CCN4CCCC34)CCN2C1. The second kappa shape index (κ2) is 4.22. The van der Waals surface area contributed by atoms with Crippen LogP contribution in [0.2, 0.25) is 0 Å². The van der Waals surface area contributed by atoms with Crippen LogP contribution in [-0.4, -0.2) is 72.1 Å². The van der Waals surface area contributed by atoms with Gasteiger partial charge in [-0.15, -0.1) is 0 Å². The van der Waals surface area contributed by atoms with Crippen LogP contribution < -0.4 is 0 Å². The van der Waals surface area contributed by atoms with Gasteiger partial charge in [0.05, 0.1) is 0 Å². The zero-order valence-corrected chi connectivity index (χ0v) is 10.9. The lowest BCUT2D eigenvalue weighted by Crippen LogP contribution is -2.55. The molecule has 4 heterocycles. The first-order valence-electron chi connectivity index (χ1n) is 7.64. The first-order valence-corrected chi connectivity index (χ1v) is 7.64. The normalized spacial score (nSPS) is 44.1. The van der Waals surface area contributed by atoms with Gasteiger partial charge in [-0.2, -0.15) is 0 Å². The van der Waals surface area contributed by atoms with E-state index in [9.17, 15) is 0 Å². The van der Waals surface area contributed by atoms with Gasteiger partial charge in [0, 0.05) is 44.3 Å². The lowest BCUT2D eigenvalue weighted by Gasteiger charge is -2.42. The average molecular weight is 235 g/mol. The highest BCUT2D eigenvalue weighted by Crippen LogP contribution is 2.33. The molecular weight excluding hydrogens is 210 g/mol. The summed E-state index contributed by atoms with van der Waals surface area (Å²) in [5.74, 6) is 0. The van der Waals surface area contributed by atoms with E-state index in [1.165, 1.54) is 71.4 Å². The van der Waals surface area contributed by atoms with Crippen LogP contribution in [-0.2, 0) is 0 Å². The molecule has 0 amide bonds. The van der Waals surface area contributed by atoms with Crippen molar-refractivity contribution in [2.45, 2.75) is 50.2 Å². The number of rotatable bonds is 1. The van der Waals surface area contributed by atoms with Gasteiger partial charge in [-0.3, -0.25) is 14.7 Å². The van der Waals surface area contributed by atoms with Crippen LogP contribution in [0.25, 0.3) is 0 Å². The second-order valence-corrected chi connectivity index (χ2v) is 6.43. The number of piperazine rings is 1. The van der Waals surface area contributed by atoms with E-state index in [-0.39, 0.29) is 0 Å². The molecule has 3 nitrogen and oxygen atoms in total. The molecule has 4 fully saturated rings. The number of fused-ring (bicyclic) bond motifs is 2. The molecule has 0 aromatic carbocycles. The summed E-state index contributed by atoms with van der Waals surface area (Å²) in [6, 6.07) is 2.72. The Kier molecular flexibility index (Phi) is 2.67. The van der Waals surface area contributed by atoms with E-state index in [4.69, 9.17) is 0 Å². The topological polar surface area (TPSA) is 9.72 Å². The Morgan fingerprint density at radius 1 is 0.588 bits per heavy atom. The van der Waals surface area contributed by atoms with Crippen molar-refractivity contribution >= 4 is 0 Å². The number of nitrogens with zero attached hydrogens (tertiary/aromatic N) is 3. The maximum absolute atomic E-state index is 2.85. The van der Waals surface area contributed by atoms with Crippen LogP contribution in [0.3, 0.4) is 0 Å². The molecule has 0 saturated carbocycles. The van der Waals surface area contributed by atoms with Crippen molar-refractivity contribution in [1.82, 2.24) is 14.7 Å². The minimum atomic E-state index is 0.902. The third-order valence-corrected chi connectivity index (χ3v) is 5.66. The molecule has 0 N–H and O–H groups in total. The fourth-order valence-electron chi connectivity index (χ4n) is 4.80. The molecule has 96 valence electrons. The Morgan fingerprint density at radius 3 is 2.35 bits per heavy atom. The third-order valence-electron chi connectivity index (χ3n) is 5.66. The van der Waals surface area contributed by atoms with E-state index in [1.54, 1.807) is 0 Å². The first-order chi connectivity index (χ1) is 8.42. The van der Waals surface area contributed by atoms with E-state index >= 15 is 0 Å². The average Bonchev–Trinajstić information content (AvgIpc) is 3.03. The maximum atomic E-state index is 2.85. The van der Waals surface area contributed by atoms with E-state index in [2.05, 4.69) is 14.7 Å². The van der Waals surface area contributed by atoms with Gasteiger partial charge in [0.15, 0.2) is 0 Å². The van der Waals surface area contributed by atoms with Crippen molar-refractivity contribution in [3.8, 4) is 0 Å². The summed E-state index contributed by atoms with van der Waals surface area (Å²) in [7, 11) is 0. The highest BCUT2D eigenvalue weighted by molar-refractivity contribution is 4.99. The maximum Gasteiger partial charge on any atom is 0.0264 e. The van der Waals surface area contributed by atoms with Crippen LogP contribution >= 0.6 is 0 Å². The molecule has 4 rings (SSSR count). The van der Waals surface area contributed by atoms with Gasteiger partial charge in [-0.1, -0.05) is 0 Å². The summed E-state index contributed by atoms with van der Waals surface area (Å²) < 4.78 is 0. The van der Waals surface area contributed by atoms with Crippen LogP contribution in [0, 0.1) is 0 Å². The van der Waals surface area contributed by atoms with Crippen molar-refractivity contribution in [2.24, 2.45) is 0 Å². The predicted octanol–water partition coefficient (Wildman–Crippen LogP) is 1.00. The van der Waals surface area contributed by atoms with E-state index in [0.717, 1.165) is 18.1 Å². The Balaban J connectivity index is 1.45. The first kappa shape index (κ1) is 10.8. The number of hydrogen-bond donors (Lipinski definition) is 0. The van der Waals surface area contributed by atoms with E-state index in [0.29, 0.717) is 0 Å². The minimum absolute atomic E-state index is 0.902. The molecule has 3 heteroatoms. The largest absolute Gasteiger partial charge is 0.299 e. The molecule has 0 aliphatic carbocycles. The molecule has 3 unspecified atom stereocenters. The summed E-state index contributed by atoms with van der Waals surface area (Å²) in [6.07, 6.45) is 7.26. The van der Waals surface area contributed by atoms with Crippen molar-refractivity contribution < 1.29 is 0 Å². The lowest BCUT2D eigenvalue weighted by atomic mass is 10.0. The van der Waals surface area contributed by atoms with E-state index < -0.39 is 0 Å². The Hall–Kier alpha value is -0.120. The summed E-state index contributed by atoms with van der Waals surface area (Å²) in [5.41, 5.74) is 0. The van der Waals surface area contributed by atoms with Gasteiger partial charge in [0.2, 0.25) is 0 Å². The van der Waals surface area contributed by atoms with Crippen molar-refractivity contribution in [1.29, 1.82) is 0 Å². The van der Waals surface area contributed by atoms with Crippen LogP contribution in [0.4, 0.5) is 0 Å². The zero-order chi connectivity index (χ0) is 11.2. The van der Waals surface area contributed by atoms with Gasteiger partial charge < -0.3 is 0 Å². The third kappa shape index (κ3) is 1.74. The predicted molar refractivity (Wildman–Crippen MR) is 69.2 cm³/mol. The van der Waals surface area contributed by atoms with Gasteiger partial charge in [-0.05, 0) is 45.2 Å². The van der Waals surface area contributed by atoms with Crippen molar-refractivity contribution in [3.05, 3.63) is 0 Å². The Morgan fingerprint density at radius 2 is 1.35 bits per heavy atom. The second-order valence-electron chi connectivity index (χ2n) is 6.43. The standard InChI is InChI=1S/C14H25N3/c1-3-12-11-17(10-9-15(12)6-1)14-5-8-16-7-2-4-13(14)16/h12-14H,1-11H2. The monoisotopic (exact) mass is 235 g/mol. The highest BCUT2D eigenvalue weighted by Gasteiger charge is 2.42. The van der Waals surface area contributed by atoms with Crippen LogP contribution in [0.1, 0.15) is 32.1 Å². The molecular formula is C14H25N3. The smallest absolute Gasteiger partial charge is 0.0264 e. The van der Waals surface area contributed by atoms with Gasteiger partial charge in [-0.25, -0.2) is 0 Å². The number of hydrogen-bond acceptors (Lipinski definition) is 3. The highest BCUT2D eigenvalue weighted by atomic mass is 15.3. The molecule has 4 aliphatic heterocycles. The fraction of sp³-hybridized carbons (Fsp3) is 1.00. The molecule has 0 radical (unpaired) electrons. The Bertz CT molecular complexity index is 293. The molecule has 4 aliphatic rings. The lowest BCUT2D eigenvalue weighted by molar-refractivity contribution is 0.0608. The molecule has 0 bridgehead atoms. The summed E-state index contributed by atoms with van der Waals surface area (Å²) in [4.78, 5) is 8.34. The molecule has 4 saturated heterocycles. The zero-order valence-electron chi connectivity index (χ0n) is 10.9. The van der Waals surface area contributed by atoms with Crippen LogP contribution in [0.5, 0.6) is 0 Å². The van der Waals surface area contributed by atoms with Crippen LogP contribution in [0.15, 0.2) is 0 Å². The van der Waals surface area contributed by atoms with Gasteiger partial charge in [0.25, 0.3) is 0 Å². The molecule has 3 atom stereocenters. The van der Waals surface area contributed by atoms with E-state index in [1.807, 2.05) is 0 Å². The van der Waals surface area contributed by atoms with Crippen molar-refractivity contribution in [2.75, 3.05) is 39.3 Å². The summed E-state index contributed by atoms with van der Waals surface area (Å²) in [5, 5.41) is 0. The molecule has 0 spiro atoms. The quantitative estimate of drug-likeness (QED) is 0.671. The minimum Gasteiger partial charge on any atom is -0.299 e. The summed E-state index contributed by atoms with van der Waals surface area (Å²) in [6.45, 7) is 8.18. The Labute approximate surface area is 105 Å². The fourth-order valence-corrected chi connectivity index (χ4v) is 4.80. The molecule has 0 aromatic heterocycles. The molecule has 17 heavy (non-hydrogen) atoms. The summed E-state index contributed by atoms with van der Waals surface area (Å²) >= 11 is 0. The van der Waals surface area contributed by atoms with Gasteiger partial charge in [0.1, 0.15) is 0 Å². The molecule has 0 aromatic rings. The van der Waals surface area contributed by atoms with Gasteiger partial charge >= 0.3 is 0 Å². The van der Waals surface area contributed by atoms with Crippen molar-refractivity contribution in [3.63, 3.8) is 0 Å².